The van der Waals surface area contributed by atoms with Crippen molar-refractivity contribution in [2.45, 2.75) is 50.5 Å². The van der Waals surface area contributed by atoms with E-state index in [-0.39, 0.29) is 27.5 Å². The minimum Gasteiger partial charge on any atom is -0.379 e. The minimum atomic E-state index is -3.60. The molecular weight excluding hydrogens is 376 g/mol. The predicted octanol–water partition coefficient (Wildman–Crippen LogP) is 3.06. The lowest BCUT2D eigenvalue weighted by atomic mass is 10.2. The highest BCUT2D eigenvalue weighted by molar-refractivity contribution is 7.89. The first-order valence-corrected chi connectivity index (χ1v) is 10.8. The summed E-state index contributed by atoms with van der Waals surface area (Å²) in [5.41, 5.74) is 0.175. The molecule has 8 heteroatoms. The van der Waals surface area contributed by atoms with Crippen molar-refractivity contribution in [3.8, 4) is 0 Å². The summed E-state index contributed by atoms with van der Waals surface area (Å²) in [6.45, 7) is 5.92. The number of rotatable bonds is 8. The van der Waals surface area contributed by atoms with Crippen LogP contribution in [-0.4, -0.2) is 51.0 Å². The van der Waals surface area contributed by atoms with Crippen LogP contribution in [0.1, 0.15) is 49.9 Å². The number of halogens is 1. The summed E-state index contributed by atoms with van der Waals surface area (Å²) in [7, 11) is -3.60. The van der Waals surface area contributed by atoms with Gasteiger partial charge in [0.25, 0.3) is 5.91 Å². The molecule has 146 valence electrons. The van der Waals surface area contributed by atoms with Gasteiger partial charge in [0.1, 0.15) is 0 Å². The lowest BCUT2D eigenvalue weighted by Crippen LogP contribution is -2.35. The van der Waals surface area contributed by atoms with E-state index < -0.39 is 10.0 Å². The average Bonchev–Trinajstić information content (AvgIpc) is 2.62. The van der Waals surface area contributed by atoms with E-state index in [1.165, 1.54) is 22.5 Å². The molecule has 0 unspecified atom stereocenters. The van der Waals surface area contributed by atoms with Gasteiger partial charge in [-0.15, -0.1) is 0 Å². The maximum Gasteiger partial charge on any atom is 0.252 e. The summed E-state index contributed by atoms with van der Waals surface area (Å²) in [4.78, 5) is 12.5. The highest BCUT2D eigenvalue weighted by Crippen LogP contribution is 2.25. The molecule has 0 aliphatic carbocycles. The topological polar surface area (TPSA) is 75.7 Å². The van der Waals surface area contributed by atoms with Gasteiger partial charge < -0.3 is 10.1 Å². The highest BCUT2D eigenvalue weighted by Gasteiger charge is 2.27. The Balaban J connectivity index is 2.05. The lowest BCUT2D eigenvalue weighted by Gasteiger charge is -2.26. The lowest BCUT2D eigenvalue weighted by molar-refractivity contribution is 0.0757. The number of nitrogens with one attached hydrogen (secondary N) is 1. The van der Waals surface area contributed by atoms with Gasteiger partial charge in [0.05, 0.1) is 21.6 Å². The van der Waals surface area contributed by atoms with Gasteiger partial charge in [0.15, 0.2) is 0 Å². The van der Waals surface area contributed by atoms with Gasteiger partial charge in [-0.2, -0.15) is 4.31 Å². The van der Waals surface area contributed by atoms with Crippen molar-refractivity contribution in [2.75, 3.05) is 26.2 Å². The average molecular weight is 403 g/mol. The van der Waals surface area contributed by atoms with Crippen LogP contribution in [0.2, 0.25) is 5.02 Å². The van der Waals surface area contributed by atoms with E-state index in [1.54, 1.807) is 0 Å². The van der Waals surface area contributed by atoms with E-state index in [0.717, 1.165) is 19.3 Å². The van der Waals surface area contributed by atoms with Gasteiger partial charge >= 0.3 is 0 Å². The van der Waals surface area contributed by atoms with Crippen LogP contribution in [0.25, 0.3) is 0 Å². The quantitative estimate of drug-likeness (QED) is 0.678. The van der Waals surface area contributed by atoms with Gasteiger partial charge in [-0.3, -0.25) is 4.79 Å². The molecule has 0 spiro atoms. The van der Waals surface area contributed by atoms with Crippen LogP contribution in [0.5, 0.6) is 0 Å². The molecule has 1 aliphatic rings. The van der Waals surface area contributed by atoms with Crippen LogP contribution in [0.15, 0.2) is 23.1 Å². The Morgan fingerprint density at radius 1 is 1.27 bits per heavy atom. The number of hydrogen-bond acceptors (Lipinski definition) is 4. The number of carbonyl (C=O) groups excluding carboxylic acids is 1. The second kappa shape index (κ2) is 9.69. The number of sulfonamides is 1. The van der Waals surface area contributed by atoms with Gasteiger partial charge in [-0.05, 0) is 51.3 Å². The van der Waals surface area contributed by atoms with E-state index in [9.17, 15) is 13.2 Å². The van der Waals surface area contributed by atoms with Crippen molar-refractivity contribution in [1.29, 1.82) is 0 Å². The summed E-state index contributed by atoms with van der Waals surface area (Å²) in [5, 5.41) is 2.99. The molecule has 1 N–H and O–H groups in total. The number of amides is 1. The molecule has 26 heavy (non-hydrogen) atoms. The van der Waals surface area contributed by atoms with Gasteiger partial charge in [0, 0.05) is 26.2 Å². The van der Waals surface area contributed by atoms with Crippen LogP contribution < -0.4 is 5.32 Å². The number of nitrogens with zero attached hydrogens (tertiary/aromatic N) is 1. The summed E-state index contributed by atoms with van der Waals surface area (Å²) in [6.07, 6.45) is 3.59. The molecule has 1 aliphatic heterocycles. The van der Waals surface area contributed by atoms with E-state index >= 15 is 0 Å². The molecule has 1 aromatic carbocycles. The Morgan fingerprint density at radius 2 is 1.96 bits per heavy atom. The van der Waals surface area contributed by atoms with E-state index in [4.69, 9.17) is 16.3 Å². The second-order valence-electron chi connectivity index (χ2n) is 6.64. The van der Waals surface area contributed by atoms with E-state index in [2.05, 4.69) is 5.32 Å². The zero-order chi connectivity index (χ0) is 19.2. The van der Waals surface area contributed by atoms with Crippen molar-refractivity contribution >= 4 is 27.5 Å². The second-order valence-corrected chi connectivity index (χ2v) is 8.98. The smallest absolute Gasteiger partial charge is 0.252 e. The van der Waals surface area contributed by atoms with Crippen molar-refractivity contribution < 1.29 is 17.9 Å². The molecule has 0 bridgehead atoms. The third kappa shape index (κ3) is 5.67. The summed E-state index contributed by atoms with van der Waals surface area (Å²) >= 11 is 6.11. The van der Waals surface area contributed by atoms with Crippen LogP contribution in [0.3, 0.4) is 0 Å². The third-order valence-corrected chi connectivity index (χ3v) is 6.42. The van der Waals surface area contributed by atoms with Gasteiger partial charge in [-0.25, -0.2) is 8.42 Å². The molecule has 1 saturated heterocycles. The van der Waals surface area contributed by atoms with Crippen LogP contribution >= 0.6 is 11.6 Å². The molecule has 6 nitrogen and oxygen atoms in total. The highest BCUT2D eigenvalue weighted by atomic mass is 35.5. The number of carbonyl (C=O) groups is 1. The summed E-state index contributed by atoms with van der Waals surface area (Å²) < 4.78 is 32.4. The van der Waals surface area contributed by atoms with Crippen LogP contribution in [-0.2, 0) is 14.8 Å². The molecule has 0 aromatic heterocycles. The summed E-state index contributed by atoms with van der Waals surface area (Å²) in [6, 6.07) is 4.29. The number of hydrogen-bond donors (Lipinski definition) is 1. The van der Waals surface area contributed by atoms with Crippen molar-refractivity contribution in [1.82, 2.24) is 9.62 Å². The molecule has 0 atom stereocenters. The number of benzene rings is 1. The van der Waals surface area contributed by atoms with E-state index in [1.807, 2.05) is 13.8 Å². The summed E-state index contributed by atoms with van der Waals surface area (Å²) in [5.74, 6) is -0.379. The normalized spacial score (nSPS) is 16.0. The number of ether oxygens (including phenoxy) is 1. The first-order valence-electron chi connectivity index (χ1n) is 9.02. The third-order valence-electron chi connectivity index (χ3n) is 4.19. The monoisotopic (exact) mass is 402 g/mol. The Hall–Kier alpha value is -1.15. The fraction of sp³-hybridized carbons (Fsp3) is 0.611. The zero-order valence-corrected chi connectivity index (χ0v) is 16.9. The fourth-order valence-corrected chi connectivity index (χ4v) is 4.53. The standard InChI is InChI=1S/C18H27ClN2O4S/c1-14(2)25-12-6-9-20-18(22)16-13-15(7-8-17(16)19)26(23,24)21-10-4-3-5-11-21/h7-8,13-14H,3-6,9-12H2,1-2H3,(H,20,22). The van der Waals surface area contributed by atoms with Gasteiger partial charge in [0.2, 0.25) is 10.0 Å². The molecule has 1 fully saturated rings. The van der Waals surface area contributed by atoms with Crippen LogP contribution in [0, 0.1) is 0 Å². The maximum absolute atomic E-state index is 12.8. The molecular formula is C18H27ClN2O4S. The van der Waals surface area contributed by atoms with Crippen LogP contribution in [0.4, 0.5) is 0 Å². The molecule has 2 rings (SSSR count). The Morgan fingerprint density at radius 3 is 2.62 bits per heavy atom. The van der Waals surface area contributed by atoms with E-state index in [0.29, 0.717) is 32.7 Å². The molecule has 1 heterocycles. The Labute approximate surface area is 160 Å². The Bertz CT molecular complexity index is 716. The predicted molar refractivity (Wildman–Crippen MR) is 102 cm³/mol. The molecule has 1 aromatic rings. The first-order chi connectivity index (χ1) is 12.3. The van der Waals surface area contributed by atoms with Crippen molar-refractivity contribution in [3.05, 3.63) is 28.8 Å². The molecule has 0 radical (unpaired) electrons. The zero-order valence-electron chi connectivity index (χ0n) is 15.3. The molecule has 0 saturated carbocycles. The maximum atomic E-state index is 12.8. The number of piperidine rings is 1. The van der Waals surface area contributed by atoms with Gasteiger partial charge in [-0.1, -0.05) is 18.0 Å². The fourth-order valence-electron chi connectivity index (χ4n) is 2.78. The minimum absolute atomic E-state index is 0.108. The largest absolute Gasteiger partial charge is 0.379 e. The first kappa shape index (κ1) is 21.2. The molecule has 1 amide bonds. The Kier molecular flexibility index (Phi) is 7.88. The van der Waals surface area contributed by atoms with Crippen molar-refractivity contribution in [3.63, 3.8) is 0 Å². The van der Waals surface area contributed by atoms with Crippen molar-refractivity contribution in [2.24, 2.45) is 0 Å². The SMILES string of the molecule is CC(C)OCCCNC(=O)c1cc(S(=O)(=O)N2CCCCC2)ccc1Cl.